The molecule has 1 N–H and O–H groups in total. The first kappa shape index (κ1) is 14.3. The topological polar surface area (TPSA) is 89.0 Å². The largest absolute Gasteiger partial charge is 0.346 e. The number of sulfone groups is 1. The first-order chi connectivity index (χ1) is 8.84. The van der Waals surface area contributed by atoms with Gasteiger partial charge >= 0.3 is 0 Å². The zero-order chi connectivity index (χ0) is 14.1. The van der Waals surface area contributed by atoms with E-state index in [1.54, 1.807) is 6.92 Å². The Kier molecular flexibility index (Phi) is 3.82. The molecule has 1 saturated heterocycles. The van der Waals surface area contributed by atoms with Gasteiger partial charge in [-0.2, -0.15) is 0 Å². The normalized spacial score (nSPS) is 25.2. The van der Waals surface area contributed by atoms with Gasteiger partial charge in [-0.1, -0.05) is 11.8 Å². The van der Waals surface area contributed by atoms with E-state index in [9.17, 15) is 13.2 Å². The van der Waals surface area contributed by atoms with Gasteiger partial charge in [0.25, 0.3) is 5.91 Å². The minimum atomic E-state index is -3.04. The van der Waals surface area contributed by atoms with Gasteiger partial charge in [0.2, 0.25) is 0 Å². The van der Waals surface area contributed by atoms with Gasteiger partial charge in [-0.3, -0.25) is 4.79 Å². The molecule has 104 valence electrons. The summed E-state index contributed by atoms with van der Waals surface area (Å²) in [5.74, 6) is -0.242. The fraction of sp³-hybridized carbons (Fsp3) is 0.545. The molecule has 8 heteroatoms. The van der Waals surface area contributed by atoms with Crippen molar-refractivity contribution in [2.45, 2.75) is 24.0 Å². The van der Waals surface area contributed by atoms with Crippen LogP contribution in [0.2, 0.25) is 0 Å². The van der Waals surface area contributed by atoms with Crippen LogP contribution in [0, 0.1) is 0 Å². The van der Waals surface area contributed by atoms with Crippen LogP contribution < -0.4 is 5.32 Å². The Morgan fingerprint density at radius 2 is 2.05 bits per heavy atom. The lowest BCUT2D eigenvalue weighted by atomic mass is 10.0. The van der Waals surface area contributed by atoms with Crippen LogP contribution in [0.5, 0.6) is 0 Å². The van der Waals surface area contributed by atoms with E-state index in [1.165, 1.54) is 24.2 Å². The fourth-order valence-electron chi connectivity index (χ4n) is 1.99. The number of carbonyl (C=O) groups is 1. The Balaban J connectivity index is 2.08. The lowest BCUT2D eigenvalue weighted by Crippen LogP contribution is -2.47. The fourth-order valence-corrected chi connectivity index (χ4v) is 4.40. The van der Waals surface area contributed by atoms with E-state index in [-0.39, 0.29) is 17.4 Å². The summed E-state index contributed by atoms with van der Waals surface area (Å²) >= 11 is 1.39. The summed E-state index contributed by atoms with van der Waals surface area (Å²) in [5.41, 5.74) is -0.364. The standard InChI is InChI=1S/C11H15N3O3S2/c1-11(3-4-19(16,17)7-11)14-9(15)8-5-12-10(18-2)13-6-8/h5-6H,3-4,7H2,1-2H3,(H,14,15)/t11-/m0/s1. The van der Waals surface area contributed by atoms with Crippen molar-refractivity contribution < 1.29 is 13.2 Å². The molecule has 0 radical (unpaired) electrons. The summed E-state index contributed by atoms with van der Waals surface area (Å²) in [4.78, 5) is 20.1. The van der Waals surface area contributed by atoms with Crippen molar-refractivity contribution in [3.8, 4) is 0 Å². The smallest absolute Gasteiger partial charge is 0.254 e. The molecule has 1 aromatic rings. The van der Waals surface area contributed by atoms with E-state index in [2.05, 4.69) is 15.3 Å². The molecule has 2 rings (SSSR count). The van der Waals surface area contributed by atoms with Crippen molar-refractivity contribution in [2.24, 2.45) is 0 Å². The summed E-state index contributed by atoms with van der Waals surface area (Å²) in [7, 11) is -3.04. The van der Waals surface area contributed by atoms with Crippen LogP contribution >= 0.6 is 11.8 Å². The van der Waals surface area contributed by atoms with Crippen LogP contribution in [-0.4, -0.2) is 47.6 Å². The summed E-state index contributed by atoms with van der Waals surface area (Å²) in [6, 6.07) is 0. The maximum Gasteiger partial charge on any atom is 0.254 e. The average molecular weight is 301 g/mol. The maximum absolute atomic E-state index is 12.0. The van der Waals surface area contributed by atoms with Crippen LogP contribution in [0.3, 0.4) is 0 Å². The van der Waals surface area contributed by atoms with E-state index in [0.717, 1.165) is 0 Å². The Morgan fingerprint density at radius 1 is 1.42 bits per heavy atom. The number of nitrogens with zero attached hydrogens (tertiary/aromatic N) is 2. The molecule has 0 aliphatic carbocycles. The van der Waals surface area contributed by atoms with Crippen LogP contribution in [-0.2, 0) is 9.84 Å². The van der Waals surface area contributed by atoms with Gasteiger partial charge < -0.3 is 5.32 Å². The Bertz CT molecular complexity index is 586. The van der Waals surface area contributed by atoms with Crippen LogP contribution in [0.4, 0.5) is 0 Å². The van der Waals surface area contributed by atoms with Crippen LogP contribution in [0.25, 0.3) is 0 Å². The molecule has 0 unspecified atom stereocenters. The third-order valence-corrected chi connectivity index (χ3v) is 5.47. The third kappa shape index (κ3) is 3.44. The second kappa shape index (κ2) is 5.09. The summed E-state index contributed by atoms with van der Waals surface area (Å²) in [5, 5.41) is 3.35. The van der Waals surface area contributed by atoms with Gasteiger partial charge in [0.05, 0.1) is 22.6 Å². The zero-order valence-corrected chi connectivity index (χ0v) is 12.3. The van der Waals surface area contributed by atoms with E-state index in [0.29, 0.717) is 17.1 Å². The van der Waals surface area contributed by atoms with E-state index < -0.39 is 15.4 Å². The molecular weight excluding hydrogens is 286 g/mol. The zero-order valence-electron chi connectivity index (χ0n) is 10.7. The molecule has 1 aliphatic rings. The highest BCUT2D eigenvalue weighted by atomic mass is 32.2. The van der Waals surface area contributed by atoms with Crippen molar-refractivity contribution >= 4 is 27.5 Å². The highest BCUT2D eigenvalue weighted by molar-refractivity contribution is 7.98. The number of hydrogen-bond donors (Lipinski definition) is 1. The van der Waals surface area contributed by atoms with Gasteiger partial charge in [-0.25, -0.2) is 18.4 Å². The predicted octanol–water partition coefficient (Wildman–Crippen LogP) is 0.505. The van der Waals surface area contributed by atoms with Crippen molar-refractivity contribution in [3.63, 3.8) is 0 Å². The number of nitrogens with one attached hydrogen (secondary N) is 1. The van der Waals surface area contributed by atoms with Crippen molar-refractivity contribution in [1.82, 2.24) is 15.3 Å². The number of aromatic nitrogens is 2. The first-order valence-electron chi connectivity index (χ1n) is 5.73. The predicted molar refractivity (Wildman–Crippen MR) is 73.0 cm³/mol. The van der Waals surface area contributed by atoms with Crippen LogP contribution in [0.15, 0.2) is 17.6 Å². The molecule has 0 bridgehead atoms. The average Bonchev–Trinajstić information content (AvgIpc) is 2.63. The number of hydrogen-bond acceptors (Lipinski definition) is 6. The molecule has 1 aliphatic heterocycles. The van der Waals surface area contributed by atoms with Crippen molar-refractivity contribution in [1.29, 1.82) is 0 Å². The SMILES string of the molecule is CSc1ncc(C(=O)N[C@@]2(C)CCS(=O)(=O)C2)cn1. The van der Waals surface area contributed by atoms with Gasteiger partial charge in [-0.05, 0) is 19.6 Å². The minimum absolute atomic E-state index is 0.0184. The maximum atomic E-state index is 12.0. The number of carbonyl (C=O) groups excluding carboxylic acids is 1. The highest BCUT2D eigenvalue weighted by Gasteiger charge is 2.39. The summed E-state index contributed by atoms with van der Waals surface area (Å²) in [6.07, 6.45) is 5.17. The summed E-state index contributed by atoms with van der Waals surface area (Å²) < 4.78 is 22.9. The van der Waals surface area contributed by atoms with Gasteiger partial charge in [0.15, 0.2) is 15.0 Å². The van der Waals surface area contributed by atoms with Gasteiger partial charge in [-0.15, -0.1) is 0 Å². The Labute approximate surface area is 116 Å². The molecule has 0 spiro atoms. The quantitative estimate of drug-likeness (QED) is 0.646. The number of thioether (sulfide) groups is 1. The van der Waals surface area contributed by atoms with Crippen molar-refractivity contribution in [3.05, 3.63) is 18.0 Å². The molecule has 0 saturated carbocycles. The number of rotatable bonds is 3. The Hall–Kier alpha value is -1.15. The summed E-state index contributed by atoms with van der Waals surface area (Å²) in [6.45, 7) is 1.74. The molecule has 6 nitrogen and oxygen atoms in total. The molecule has 1 fully saturated rings. The Morgan fingerprint density at radius 3 is 2.53 bits per heavy atom. The van der Waals surface area contributed by atoms with Gasteiger partial charge in [0.1, 0.15) is 0 Å². The molecule has 2 heterocycles. The van der Waals surface area contributed by atoms with Crippen molar-refractivity contribution in [2.75, 3.05) is 17.8 Å². The third-order valence-electron chi connectivity index (χ3n) is 2.99. The minimum Gasteiger partial charge on any atom is -0.346 e. The lowest BCUT2D eigenvalue weighted by Gasteiger charge is -2.23. The molecule has 1 amide bonds. The molecule has 1 atom stereocenters. The second-order valence-electron chi connectivity index (χ2n) is 4.82. The number of amides is 1. The van der Waals surface area contributed by atoms with Crippen LogP contribution in [0.1, 0.15) is 23.7 Å². The van der Waals surface area contributed by atoms with E-state index >= 15 is 0 Å². The van der Waals surface area contributed by atoms with Gasteiger partial charge in [0, 0.05) is 12.4 Å². The molecule has 19 heavy (non-hydrogen) atoms. The lowest BCUT2D eigenvalue weighted by molar-refractivity contribution is 0.0914. The molecular formula is C11H15N3O3S2. The molecule has 1 aromatic heterocycles. The van der Waals surface area contributed by atoms with E-state index in [1.807, 2.05) is 6.26 Å². The highest BCUT2D eigenvalue weighted by Crippen LogP contribution is 2.23. The first-order valence-corrected chi connectivity index (χ1v) is 8.77. The van der Waals surface area contributed by atoms with E-state index in [4.69, 9.17) is 0 Å². The monoisotopic (exact) mass is 301 g/mol. The second-order valence-corrected chi connectivity index (χ2v) is 7.77. The molecule has 0 aromatic carbocycles.